The molecule has 0 radical (unpaired) electrons. The van der Waals surface area contributed by atoms with Crippen LogP contribution in [0, 0.1) is 6.92 Å². The predicted molar refractivity (Wildman–Crippen MR) is 111 cm³/mol. The summed E-state index contributed by atoms with van der Waals surface area (Å²) in [5.41, 5.74) is 0.288. The fourth-order valence-corrected chi connectivity index (χ4v) is 6.11. The molecule has 8 heteroatoms. The highest BCUT2D eigenvalue weighted by Crippen LogP contribution is 2.41. The minimum absolute atomic E-state index is 0.116. The van der Waals surface area contributed by atoms with E-state index < -0.39 is 11.1 Å². The van der Waals surface area contributed by atoms with Crippen LogP contribution in [0.15, 0.2) is 38.5 Å². The van der Waals surface area contributed by atoms with Gasteiger partial charge in [0.1, 0.15) is 5.82 Å². The van der Waals surface area contributed by atoms with E-state index in [0.717, 1.165) is 43.2 Å². The Bertz CT molecular complexity index is 1130. The molecule has 5 heterocycles. The molecule has 0 unspecified atom stereocenters. The van der Waals surface area contributed by atoms with Crippen molar-refractivity contribution in [3.8, 4) is 0 Å². The standard InChI is InChI=1S/C20H22N4O2S2/c1-14-4-10-28-16(14)12-22-7-5-20(13-22)6-8-23-17(25)18(26)24(21-19(20)23)11-15-3-2-9-27-15/h2-4,9-10H,5-8,11-13H2,1H3/t20-/m0/s1. The topological polar surface area (TPSA) is 60.1 Å². The summed E-state index contributed by atoms with van der Waals surface area (Å²) in [5.74, 6) is 0.805. The Morgan fingerprint density at radius 2 is 1.93 bits per heavy atom. The molecule has 0 aromatic carbocycles. The van der Waals surface area contributed by atoms with Crippen LogP contribution in [0.25, 0.3) is 0 Å². The van der Waals surface area contributed by atoms with Crippen LogP contribution in [0.1, 0.15) is 34.0 Å². The third-order valence-corrected chi connectivity index (χ3v) is 7.94. The first-order valence-corrected chi connectivity index (χ1v) is 11.3. The van der Waals surface area contributed by atoms with E-state index in [0.29, 0.717) is 13.1 Å². The second-order valence-corrected chi connectivity index (χ2v) is 9.87. The molecule has 0 N–H and O–H groups in total. The maximum atomic E-state index is 12.7. The summed E-state index contributed by atoms with van der Waals surface area (Å²) in [6.07, 6.45) is 1.87. The van der Waals surface area contributed by atoms with Crippen LogP contribution in [-0.4, -0.2) is 32.3 Å². The molecule has 5 rings (SSSR count). The Morgan fingerprint density at radius 1 is 1.07 bits per heavy atom. The number of hydrogen-bond donors (Lipinski definition) is 0. The van der Waals surface area contributed by atoms with Crippen molar-refractivity contribution in [1.29, 1.82) is 0 Å². The lowest BCUT2D eigenvalue weighted by Crippen LogP contribution is -2.45. The Morgan fingerprint density at radius 3 is 2.68 bits per heavy atom. The van der Waals surface area contributed by atoms with Crippen molar-refractivity contribution in [3.05, 3.63) is 70.8 Å². The summed E-state index contributed by atoms with van der Waals surface area (Å²) in [7, 11) is 0. The molecule has 0 bridgehead atoms. The predicted octanol–water partition coefficient (Wildman–Crippen LogP) is 2.43. The number of fused-ring (bicyclic) bond motifs is 2. The van der Waals surface area contributed by atoms with Crippen molar-refractivity contribution in [1.82, 2.24) is 19.2 Å². The summed E-state index contributed by atoms with van der Waals surface area (Å²) >= 11 is 3.38. The molecule has 3 aromatic heterocycles. The molecule has 1 atom stereocenters. The lowest BCUT2D eigenvalue weighted by atomic mass is 9.85. The zero-order chi connectivity index (χ0) is 19.3. The molecule has 6 nitrogen and oxygen atoms in total. The summed E-state index contributed by atoms with van der Waals surface area (Å²) in [4.78, 5) is 30.2. The van der Waals surface area contributed by atoms with Gasteiger partial charge in [-0.25, -0.2) is 4.68 Å². The molecule has 2 aliphatic rings. The Balaban J connectivity index is 1.47. The molecule has 28 heavy (non-hydrogen) atoms. The first-order valence-electron chi connectivity index (χ1n) is 9.56. The van der Waals surface area contributed by atoms with Gasteiger partial charge in [-0.1, -0.05) is 6.07 Å². The number of aryl methyl sites for hydroxylation is 1. The van der Waals surface area contributed by atoms with Crippen molar-refractivity contribution < 1.29 is 0 Å². The van der Waals surface area contributed by atoms with Crippen molar-refractivity contribution in [2.75, 3.05) is 13.1 Å². The molecule has 1 saturated heterocycles. The van der Waals surface area contributed by atoms with Gasteiger partial charge in [0.25, 0.3) is 0 Å². The third kappa shape index (κ3) is 2.91. The van der Waals surface area contributed by atoms with E-state index in [1.807, 2.05) is 17.5 Å². The summed E-state index contributed by atoms with van der Waals surface area (Å²) in [5, 5.41) is 8.84. The van der Waals surface area contributed by atoms with Gasteiger partial charge in [0.2, 0.25) is 0 Å². The monoisotopic (exact) mass is 414 g/mol. The number of aromatic nitrogens is 3. The van der Waals surface area contributed by atoms with Crippen LogP contribution in [0.2, 0.25) is 0 Å². The van der Waals surface area contributed by atoms with Crippen LogP contribution in [0.4, 0.5) is 0 Å². The quantitative estimate of drug-likeness (QED) is 0.615. The number of rotatable bonds is 4. The molecule has 1 fully saturated rings. The number of nitrogens with zero attached hydrogens (tertiary/aromatic N) is 4. The summed E-state index contributed by atoms with van der Waals surface area (Å²) in [6, 6.07) is 6.09. The highest BCUT2D eigenvalue weighted by molar-refractivity contribution is 7.10. The van der Waals surface area contributed by atoms with E-state index in [2.05, 4.69) is 23.3 Å². The van der Waals surface area contributed by atoms with E-state index in [9.17, 15) is 9.59 Å². The highest BCUT2D eigenvalue weighted by Gasteiger charge is 2.47. The van der Waals surface area contributed by atoms with E-state index in [4.69, 9.17) is 5.10 Å². The van der Waals surface area contributed by atoms with Gasteiger partial charge < -0.3 is 0 Å². The van der Waals surface area contributed by atoms with E-state index in [1.165, 1.54) is 15.1 Å². The second-order valence-electron chi connectivity index (χ2n) is 7.84. The van der Waals surface area contributed by atoms with Gasteiger partial charge in [0, 0.05) is 34.8 Å². The number of hydrogen-bond acceptors (Lipinski definition) is 6. The van der Waals surface area contributed by atoms with Crippen molar-refractivity contribution in [3.63, 3.8) is 0 Å². The first kappa shape index (κ1) is 18.0. The molecule has 146 valence electrons. The number of likely N-dealkylation sites (tertiary alicyclic amines) is 1. The number of thiophene rings is 2. The zero-order valence-electron chi connectivity index (χ0n) is 15.8. The Labute approximate surface area is 170 Å². The Kier molecular flexibility index (Phi) is 4.37. The van der Waals surface area contributed by atoms with E-state index in [1.54, 1.807) is 27.2 Å². The minimum Gasteiger partial charge on any atom is -0.297 e. The molecule has 2 aliphatic heterocycles. The fraction of sp³-hybridized carbons (Fsp3) is 0.450. The molecular weight excluding hydrogens is 392 g/mol. The van der Waals surface area contributed by atoms with E-state index >= 15 is 0 Å². The second kappa shape index (κ2) is 6.79. The summed E-state index contributed by atoms with van der Waals surface area (Å²) in [6.45, 7) is 5.97. The highest BCUT2D eigenvalue weighted by atomic mass is 32.1. The minimum atomic E-state index is -0.515. The third-order valence-electron chi connectivity index (χ3n) is 6.08. The van der Waals surface area contributed by atoms with Gasteiger partial charge >= 0.3 is 11.1 Å². The molecule has 0 saturated carbocycles. The fourth-order valence-electron chi connectivity index (χ4n) is 4.48. The maximum Gasteiger partial charge on any atom is 0.332 e. The van der Waals surface area contributed by atoms with Gasteiger partial charge in [-0.15, -0.1) is 22.7 Å². The average Bonchev–Trinajstić information content (AvgIpc) is 3.46. The smallest absolute Gasteiger partial charge is 0.297 e. The van der Waals surface area contributed by atoms with Gasteiger partial charge in [0.05, 0.1) is 6.54 Å². The molecule has 0 amide bonds. The van der Waals surface area contributed by atoms with Crippen molar-refractivity contribution >= 4 is 22.7 Å². The van der Waals surface area contributed by atoms with Crippen LogP contribution < -0.4 is 11.1 Å². The SMILES string of the molecule is Cc1ccsc1CN1CC[C@]2(CCn3c2nn(Cc2cccs2)c(=O)c3=O)C1. The lowest BCUT2D eigenvalue weighted by Gasteiger charge is -2.23. The van der Waals surface area contributed by atoms with Gasteiger partial charge in [-0.3, -0.25) is 19.1 Å². The zero-order valence-corrected chi connectivity index (χ0v) is 17.4. The van der Waals surface area contributed by atoms with Gasteiger partial charge in [-0.2, -0.15) is 5.10 Å². The normalized spacial score (nSPS) is 21.6. The average molecular weight is 415 g/mol. The van der Waals surface area contributed by atoms with Crippen LogP contribution in [-0.2, 0) is 25.0 Å². The van der Waals surface area contributed by atoms with Crippen LogP contribution in [0.5, 0.6) is 0 Å². The largest absolute Gasteiger partial charge is 0.332 e. The maximum absolute atomic E-state index is 12.7. The lowest BCUT2D eigenvalue weighted by molar-refractivity contribution is 0.299. The summed E-state index contributed by atoms with van der Waals surface area (Å²) < 4.78 is 3.01. The van der Waals surface area contributed by atoms with Crippen molar-refractivity contribution in [2.24, 2.45) is 0 Å². The van der Waals surface area contributed by atoms with Crippen molar-refractivity contribution in [2.45, 2.75) is 44.8 Å². The van der Waals surface area contributed by atoms with E-state index in [-0.39, 0.29) is 5.41 Å². The van der Waals surface area contributed by atoms with Crippen LogP contribution in [0.3, 0.4) is 0 Å². The molecule has 1 spiro atoms. The molecule has 3 aromatic rings. The molecular formula is C20H22N4O2S2. The van der Waals surface area contributed by atoms with Gasteiger partial charge in [-0.05, 0) is 54.8 Å². The Hall–Kier alpha value is -2.03. The van der Waals surface area contributed by atoms with Crippen LogP contribution >= 0.6 is 22.7 Å². The first-order chi connectivity index (χ1) is 13.6. The molecule has 0 aliphatic carbocycles. The van der Waals surface area contributed by atoms with Gasteiger partial charge in [0.15, 0.2) is 0 Å².